The van der Waals surface area contributed by atoms with Crippen LogP contribution in [0, 0.1) is 5.41 Å². The van der Waals surface area contributed by atoms with Crippen LogP contribution in [0.3, 0.4) is 0 Å². The molecule has 1 aromatic carbocycles. The van der Waals surface area contributed by atoms with Gasteiger partial charge in [-0.15, -0.1) is 0 Å². The van der Waals surface area contributed by atoms with E-state index in [1.54, 1.807) is 25.3 Å². The van der Waals surface area contributed by atoms with Gasteiger partial charge in [-0.05, 0) is 17.5 Å². The molecule has 0 aromatic heterocycles. The Balaban J connectivity index is 2.51. The molecule has 4 nitrogen and oxygen atoms in total. The summed E-state index contributed by atoms with van der Waals surface area (Å²) in [6.45, 7) is 6.10. The zero-order valence-corrected chi connectivity index (χ0v) is 12.0. The van der Waals surface area contributed by atoms with Crippen LogP contribution in [0.25, 0.3) is 0 Å². The first kappa shape index (κ1) is 13.2. The topological polar surface area (TPSA) is 55.4 Å². The standard InChI is InChI=1S/C13H19NO3S/c1-13(2,3)12-8-18(15,16)11-6-5-9(17-4)7-10(11)14-12/h5-7,12,14H,8H2,1-4H3. The van der Waals surface area contributed by atoms with Gasteiger partial charge in [-0.2, -0.15) is 0 Å². The summed E-state index contributed by atoms with van der Waals surface area (Å²) in [7, 11) is -1.65. The van der Waals surface area contributed by atoms with Crippen LogP contribution in [0.15, 0.2) is 23.1 Å². The van der Waals surface area contributed by atoms with Crippen molar-refractivity contribution in [3.8, 4) is 5.75 Å². The quantitative estimate of drug-likeness (QED) is 0.850. The van der Waals surface area contributed by atoms with Gasteiger partial charge in [-0.25, -0.2) is 8.42 Å². The number of benzene rings is 1. The predicted octanol–water partition coefficient (Wildman–Crippen LogP) is 2.31. The third-order valence-corrected chi connectivity index (χ3v) is 5.08. The summed E-state index contributed by atoms with van der Waals surface area (Å²) in [6, 6.07) is 4.93. The Morgan fingerprint density at radius 2 is 2.00 bits per heavy atom. The van der Waals surface area contributed by atoms with E-state index in [0.29, 0.717) is 16.3 Å². The van der Waals surface area contributed by atoms with Crippen LogP contribution in [0.1, 0.15) is 20.8 Å². The van der Waals surface area contributed by atoms with E-state index in [4.69, 9.17) is 4.74 Å². The highest BCUT2D eigenvalue weighted by Crippen LogP contribution is 2.36. The molecule has 0 bridgehead atoms. The monoisotopic (exact) mass is 269 g/mol. The Bertz CT molecular complexity index is 558. The molecule has 100 valence electrons. The minimum atomic E-state index is -3.22. The lowest BCUT2D eigenvalue weighted by atomic mass is 9.87. The predicted molar refractivity (Wildman–Crippen MR) is 71.9 cm³/mol. The first-order valence-electron chi connectivity index (χ1n) is 5.91. The molecule has 18 heavy (non-hydrogen) atoms. The Morgan fingerprint density at radius 3 is 2.56 bits per heavy atom. The van der Waals surface area contributed by atoms with Gasteiger partial charge in [0.05, 0.1) is 23.4 Å². The van der Waals surface area contributed by atoms with Crippen molar-refractivity contribution in [3.05, 3.63) is 18.2 Å². The molecule has 1 aromatic rings. The third-order valence-electron chi connectivity index (χ3n) is 3.28. The van der Waals surface area contributed by atoms with E-state index < -0.39 is 9.84 Å². The molecule has 1 aliphatic rings. The van der Waals surface area contributed by atoms with Crippen LogP contribution in [-0.2, 0) is 9.84 Å². The SMILES string of the molecule is COc1ccc2c(c1)NC(C(C)(C)C)CS2(=O)=O. The number of rotatable bonds is 1. The molecule has 0 aliphatic carbocycles. The van der Waals surface area contributed by atoms with Crippen molar-refractivity contribution in [2.45, 2.75) is 31.7 Å². The molecule has 0 amide bonds. The van der Waals surface area contributed by atoms with E-state index in [2.05, 4.69) is 5.32 Å². The molecule has 0 fully saturated rings. The van der Waals surface area contributed by atoms with Gasteiger partial charge < -0.3 is 10.1 Å². The van der Waals surface area contributed by atoms with Crippen molar-refractivity contribution in [2.24, 2.45) is 5.41 Å². The van der Waals surface area contributed by atoms with Gasteiger partial charge in [0, 0.05) is 12.1 Å². The summed E-state index contributed by atoms with van der Waals surface area (Å²) in [5, 5.41) is 3.31. The van der Waals surface area contributed by atoms with Gasteiger partial charge in [-0.1, -0.05) is 20.8 Å². The van der Waals surface area contributed by atoms with Crippen LogP contribution in [0.5, 0.6) is 5.75 Å². The summed E-state index contributed by atoms with van der Waals surface area (Å²) in [4.78, 5) is 0.365. The highest BCUT2D eigenvalue weighted by atomic mass is 32.2. The number of nitrogens with one attached hydrogen (secondary N) is 1. The van der Waals surface area contributed by atoms with Gasteiger partial charge in [0.25, 0.3) is 0 Å². The van der Waals surface area contributed by atoms with Crippen LogP contribution < -0.4 is 10.1 Å². The smallest absolute Gasteiger partial charge is 0.182 e. The highest BCUT2D eigenvalue weighted by molar-refractivity contribution is 7.91. The van der Waals surface area contributed by atoms with Crippen LogP contribution >= 0.6 is 0 Å². The van der Waals surface area contributed by atoms with E-state index in [0.717, 1.165) is 0 Å². The van der Waals surface area contributed by atoms with Crippen molar-refractivity contribution in [1.29, 1.82) is 0 Å². The van der Waals surface area contributed by atoms with Crippen LogP contribution in [0.2, 0.25) is 0 Å². The second kappa shape index (κ2) is 4.16. The van der Waals surface area contributed by atoms with Crippen LogP contribution in [-0.4, -0.2) is 27.3 Å². The normalized spacial score (nSPS) is 21.9. The maximum Gasteiger partial charge on any atom is 0.182 e. The maximum absolute atomic E-state index is 12.2. The van der Waals surface area contributed by atoms with Gasteiger partial charge in [-0.3, -0.25) is 0 Å². The number of methoxy groups -OCH3 is 1. The first-order chi connectivity index (χ1) is 8.24. The Hall–Kier alpha value is -1.23. The van der Waals surface area contributed by atoms with Gasteiger partial charge >= 0.3 is 0 Å². The fourth-order valence-corrected chi connectivity index (χ4v) is 3.96. The van der Waals surface area contributed by atoms with Gasteiger partial charge in [0.2, 0.25) is 0 Å². The Kier molecular flexibility index (Phi) is 3.05. The number of ether oxygens (including phenoxy) is 1. The van der Waals surface area contributed by atoms with Crippen molar-refractivity contribution in [2.75, 3.05) is 18.2 Å². The molecular formula is C13H19NO3S. The first-order valence-corrected chi connectivity index (χ1v) is 7.56. The van der Waals surface area contributed by atoms with Crippen molar-refractivity contribution >= 4 is 15.5 Å². The van der Waals surface area contributed by atoms with E-state index in [9.17, 15) is 8.42 Å². The molecule has 1 atom stereocenters. The largest absolute Gasteiger partial charge is 0.497 e. The molecule has 1 aliphatic heterocycles. The number of hydrogen-bond acceptors (Lipinski definition) is 4. The lowest BCUT2D eigenvalue weighted by molar-refractivity contribution is 0.356. The van der Waals surface area contributed by atoms with E-state index in [1.165, 1.54) is 0 Å². The molecule has 1 unspecified atom stereocenters. The van der Waals surface area contributed by atoms with Gasteiger partial charge in [0.15, 0.2) is 9.84 Å². The molecule has 0 spiro atoms. The summed E-state index contributed by atoms with van der Waals surface area (Å²) in [5.41, 5.74) is 0.522. The van der Waals surface area contributed by atoms with E-state index >= 15 is 0 Å². The van der Waals surface area contributed by atoms with E-state index in [-0.39, 0.29) is 17.2 Å². The second-order valence-electron chi connectivity index (χ2n) is 5.71. The van der Waals surface area contributed by atoms with E-state index in [1.807, 2.05) is 20.8 Å². The molecule has 1 N–H and O–H groups in total. The molecular weight excluding hydrogens is 250 g/mol. The van der Waals surface area contributed by atoms with Crippen molar-refractivity contribution in [3.63, 3.8) is 0 Å². The lowest BCUT2D eigenvalue weighted by Crippen LogP contribution is -2.43. The minimum absolute atomic E-state index is 0.0953. The molecule has 0 saturated heterocycles. The molecule has 1 heterocycles. The number of sulfone groups is 1. The van der Waals surface area contributed by atoms with Gasteiger partial charge in [0.1, 0.15) is 5.75 Å². The van der Waals surface area contributed by atoms with Crippen molar-refractivity contribution in [1.82, 2.24) is 0 Å². The molecule has 0 saturated carbocycles. The molecule has 0 radical (unpaired) electrons. The Labute approximate surface area is 108 Å². The average molecular weight is 269 g/mol. The highest BCUT2D eigenvalue weighted by Gasteiger charge is 2.36. The number of hydrogen-bond donors (Lipinski definition) is 1. The molecule has 2 rings (SSSR count). The zero-order valence-electron chi connectivity index (χ0n) is 11.1. The number of fused-ring (bicyclic) bond motifs is 1. The summed E-state index contributed by atoms with van der Waals surface area (Å²) >= 11 is 0. The fraction of sp³-hybridized carbons (Fsp3) is 0.538. The third kappa shape index (κ3) is 2.32. The zero-order chi connectivity index (χ0) is 13.6. The summed E-state index contributed by atoms with van der Waals surface area (Å²) in [5.74, 6) is 0.793. The Morgan fingerprint density at radius 1 is 1.33 bits per heavy atom. The fourth-order valence-electron chi connectivity index (χ4n) is 2.03. The average Bonchev–Trinajstić information content (AvgIpc) is 2.26. The molecule has 5 heteroatoms. The minimum Gasteiger partial charge on any atom is -0.497 e. The van der Waals surface area contributed by atoms with Crippen molar-refractivity contribution < 1.29 is 13.2 Å². The summed E-state index contributed by atoms with van der Waals surface area (Å²) < 4.78 is 29.6. The lowest BCUT2D eigenvalue weighted by Gasteiger charge is -2.36. The maximum atomic E-state index is 12.2. The number of anilines is 1. The summed E-state index contributed by atoms with van der Waals surface area (Å²) in [6.07, 6.45) is 0. The second-order valence-corrected chi connectivity index (χ2v) is 7.71. The van der Waals surface area contributed by atoms with Crippen LogP contribution in [0.4, 0.5) is 5.69 Å².